The van der Waals surface area contributed by atoms with Gasteiger partial charge in [0.25, 0.3) is 0 Å². The maximum atomic E-state index is 6.21. The SMILES string of the molecule is COc1c(Cl)cc(C)c(C2CCNCC2)c1OC. The fourth-order valence-electron chi connectivity index (χ4n) is 2.75. The molecule has 1 heterocycles. The molecule has 1 aliphatic heterocycles. The Labute approximate surface area is 113 Å². The van der Waals surface area contributed by atoms with Gasteiger partial charge in [0.15, 0.2) is 11.5 Å². The maximum Gasteiger partial charge on any atom is 0.179 e. The highest BCUT2D eigenvalue weighted by Crippen LogP contribution is 2.45. The van der Waals surface area contributed by atoms with E-state index in [9.17, 15) is 0 Å². The van der Waals surface area contributed by atoms with Crippen LogP contribution in [-0.2, 0) is 0 Å². The molecule has 0 bridgehead atoms. The summed E-state index contributed by atoms with van der Waals surface area (Å²) < 4.78 is 10.9. The normalized spacial score (nSPS) is 16.7. The van der Waals surface area contributed by atoms with E-state index in [-0.39, 0.29) is 0 Å². The van der Waals surface area contributed by atoms with Gasteiger partial charge in [0, 0.05) is 5.56 Å². The van der Waals surface area contributed by atoms with Gasteiger partial charge in [0.1, 0.15) is 0 Å². The summed E-state index contributed by atoms with van der Waals surface area (Å²) in [5, 5.41) is 4.00. The third-order valence-electron chi connectivity index (χ3n) is 3.59. The molecular formula is C14H20ClNO2. The van der Waals surface area contributed by atoms with Crippen LogP contribution in [0.15, 0.2) is 6.07 Å². The summed E-state index contributed by atoms with van der Waals surface area (Å²) in [5.41, 5.74) is 2.44. The maximum absolute atomic E-state index is 6.21. The van der Waals surface area contributed by atoms with Crippen molar-refractivity contribution in [3.8, 4) is 11.5 Å². The Bertz CT molecular complexity index is 428. The van der Waals surface area contributed by atoms with E-state index in [0.29, 0.717) is 16.7 Å². The lowest BCUT2D eigenvalue weighted by atomic mass is 9.86. The van der Waals surface area contributed by atoms with Gasteiger partial charge in [0.05, 0.1) is 19.2 Å². The Kier molecular flexibility index (Phi) is 4.36. The molecule has 0 unspecified atom stereocenters. The summed E-state index contributed by atoms with van der Waals surface area (Å²) in [4.78, 5) is 0. The van der Waals surface area contributed by atoms with Gasteiger partial charge in [-0.1, -0.05) is 11.6 Å². The molecule has 3 nitrogen and oxygen atoms in total. The van der Waals surface area contributed by atoms with Crippen LogP contribution in [0.3, 0.4) is 0 Å². The van der Waals surface area contributed by atoms with Crippen LogP contribution < -0.4 is 14.8 Å². The molecule has 2 rings (SSSR count). The zero-order chi connectivity index (χ0) is 13.1. The Balaban J connectivity index is 2.49. The first kappa shape index (κ1) is 13.5. The van der Waals surface area contributed by atoms with E-state index >= 15 is 0 Å². The molecule has 1 aliphatic rings. The third kappa shape index (κ3) is 2.43. The Morgan fingerprint density at radius 1 is 1.17 bits per heavy atom. The summed E-state index contributed by atoms with van der Waals surface area (Å²) in [6.45, 7) is 4.20. The van der Waals surface area contributed by atoms with Gasteiger partial charge in [0.2, 0.25) is 0 Å². The molecule has 0 spiro atoms. The predicted molar refractivity (Wildman–Crippen MR) is 74.1 cm³/mol. The Hall–Kier alpha value is -0.930. The molecule has 1 fully saturated rings. The summed E-state index contributed by atoms with van der Waals surface area (Å²) in [5.74, 6) is 1.97. The number of ether oxygens (including phenoxy) is 2. The number of methoxy groups -OCH3 is 2. The second-order valence-corrected chi connectivity index (χ2v) is 5.09. The fraction of sp³-hybridized carbons (Fsp3) is 0.571. The van der Waals surface area contributed by atoms with Crippen LogP contribution in [0.2, 0.25) is 5.02 Å². The lowest BCUT2D eigenvalue weighted by molar-refractivity contribution is 0.344. The van der Waals surface area contributed by atoms with E-state index in [1.165, 1.54) is 11.1 Å². The Morgan fingerprint density at radius 2 is 1.78 bits per heavy atom. The third-order valence-corrected chi connectivity index (χ3v) is 3.87. The van der Waals surface area contributed by atoms with Crippen molar-refractivity contribution in [3.63, 3.8) is 0 Å². The van der Waals surface area contributed by atoms with E-state index < -0.39 is 0 Å². The summed E-state index contributed by atoms with van der Waals surface area (Å²) in [7, 11) is 3.31. The standard InChI is InChI=1S/C14H20ClNO2/c1-9-8-11(15)13(17-2)14(18-3)12(9)10-4-6-16-7-5-10/h8,10,16H,4-7H2,1-3H3. The second kappa shape index (κ2) is 5.81. The van der Waals surface area contributed by atoms with Crippen LogP contribution in [0, 0.1) is 6.92 Å². The van der Waals surface area contributed by atoms with Crippen molar-refractivity contribution in [1.82, 2.24) is 5.32 Å². The van der Waals surface area contributed by atoms with E-state index in [1.54, 1.807) is 14.2 Å². The average molecular weight is 270 g/mol. The lowest BCUT2D eigenvalue weighted by Gasteiger charge is -2.27. The first-order valence-corrected chi connectivity index (χ1v) is 6.68. The highest BCUT2D eigenvalue weighted by Gasteiger charge is 2.25. The number of piperidine rings is 1. The molecule has 0 aromatic heterocycles. The quantitative estimate of drug-likeness (QED) is 0.915. The van der Waals surface area contributed by atoms with Crippen molar-refractivity contribution in [2.75, 3.05) is 27.3 Å². The molecule has 1 saturated heterocycles. The Morgan fingerprint density at radius 3 is 2.33 bits per heavy atom. The molecule has 0 amide bonds. The number of hydrogen-bond donors (Lipinski definition) is 1. The minimum absolute atomic E-state index is 0.521. The number of rotatable bonds is 3. The number of halogens is 1. The van der Waals surface area contributed by atoms with Gasteiger partial charge in [-0.05, 0) is 50.4 Å². The number of aryl methyl sites for hydroxylation is 1. The van der Waals surface area contributed by atoms with Gasteiger partial charge in [-0.15, -0.1) is 0 Å². The largest absolute Gasteiger partial charge is 0.492 e. The first-order chi connectivity index (χ1) is 8.69. The minimum Gasteiger partial charge on any atom is -0.492 e. The van der Waals surface area contributed by atoms with Crippen LogP contribution in [0.1, 0.15) is 29.9 Å². The summed E-state index contributed by atoms with van der Waals surface area (Å²) in [6, 6.07) is 1.97. The van der Waals surface area contributed by atoms with Crippen LogP contribution in [0.5, 0.6) is 11.5 Å². The van der Waals surface area contributed by atoms with Crippen molar-refractivity contribution < 1.29 is 9.47 Å². The van der Waals surface area contributed by atoms with E-state index in [1.807, 2.05) is 6.07 Å². The van der Waals surface area contributed by atoms with Crippen molar-refractivity contribution in [1.29, 1.82) is 0 Å². The predicted octanol–water partition coefficient (Wildman–Crippen LogP) is 3.13. The zero-order valence-electron chi connectivity index (χ0n) is 11.2. The molecule has 100 valence electrons. The van der Waals surface area contributed by atoms with Crippen molar-refractivity contribution in [2.24, 2.45) is 0 Å². The van der Waals surface area contributed by atoms with E-state index in [4.69, 9.17) is 21.1 Å². The van der Waals surface area contributed by atoms with Crippen LogP contribution in [0.4, 0.5) is 0 Å². The van der Waals surface area contributed by atoms with Crippen LogP contribution in [0.25, 0.3) is 0 Å². The number of hydrogen-bond acceptors (Lipinski definition) is 3. The van der Waals surface area contributed by atoms with Crippen molar-refractivity contribution in [2.45, 2.75) is 25.7 Å². The first-order valence-electron chi connectivity index (χ1n) is 6.30. The van der Waals surface area contributed by atoms with Crippen molar-refractivity contribution in [3.05, 3.63) is 22.2 Å². The van der Waals surface area contributed by atoms with Gasteiger partial charge >= 0.3 is 0 Å². The minimum atomic E-state index is 0.521. The number of benzene rings is 1. The molecule has 0 aliphatic carbocycles. The number of nitrogens with one attached hydrogen (secondary N) is 1. The van der Waals surface area contributed by atoms with Crippen LogP contribution >= 0.6 is 11.6 Å². The molecule has 1 aromatic carbocycles. The van der Waals surface area contributed by atoms with Gasteiger partial charge in [-0.25, -0.2) is 0 Å². The van der Waals surface area contributed by atoms with E-state index in [2.05, 4.69) is 12.2 Å². The monoisotopic (exact) mass is 269 g/mol. The van der Waals surface area contributed by atoms with Crippen molar-refractivity contribution >= 4 is 11.6 Å². The van der Waals surface area contributed by atoms with Crippen LogP contribution in [-0.4, -0.2) is 27.3 Å². The van der Waals surface area contributed by atoms with E-state index in [0.717, 1.165) is 31.7 Å². The molecule has 4 heteroatoms. The molecule has 0 atom stereocenters. The molecule has 1 N–H and O–H groups in total. The summed E-state index contributed by atoms with van der Waals surface area (Å²) >= 11 is 6.21. The lowest BCUT2D eigenvalue weighted by Crippen LogP contribution is -2.27. The van der Waals surface area contributed by atoms with Gasteiger partial charge < -0.3 is 14.8 Å². The highest BCUT2D eigenvalue weighted by atomic mass is 35.5. The van der Waals surface area contributed by atoms with Gasteiger partial charge in [-0.2, -0.15) is 0 Å². The molecule has 1 aromatic rings. The zero-order valence-corrected chi connectivity index (χ0v) is 11.9. The smallest absolute Gasteiger partial charge is 0.179 e. The molecule has 0 saturated carbocycles. The highest BCUT2D eigenvalue weighted by molar-refractivity contribution is 6.32. The van der Waals surface area contributed by atoms with Gasteiger partial charge in [-0.3, -0.25) is 0 Å². The topological polar surface area (TPSA) is 30.5 Å². The molecular weight excluding hydrogens is 250 g/mol. The molecule has 18 heavy (non-hydrogen) atoms. The summed E-state index contributed by atoms with van der Waals surface area (Å²) in [6.07, 6.45) is 2.25. The average Bonchev–Trinajstić information content (AvgIpc) is 2.38. The molecule has 0 radical (unpaired) electrons. The second-order valence-electron chi connectivity index (χ2n) is 4.68. The fourth-order valence-corrected chi connectivity index (χ4v) is 3.08.